The molecule has 0 saturated carbocycles. The number of benzene rings is 1. The first-order chi connectivity index (χ1) is 13.5. The maximum atomic E-state index is 14.7. The van der Waals surface area contributed by atoms with Gasteiger partial charge in [0.15, 0.2) is 5.82 Å². The van der Waals surface area contributed by atoms with Crippen LogP contribution < -0.4 is 10.5 Å². The molecule has 0 spiro atoms. The molecule has 2 aromatic heterocycles. The summed E-state index contributed by atoms with van der Waals surface area (Å²) < 4.78 is 31.6. The van der Waals surface area contributed by atoms with Crippen LogP contribution in [0.5, 0.6) is 0 Å². The number of anilines is 2. The van der Waals surface area contributed by atoms with Crippen LogP contribution >= 0.6 is 23.5 Å². The molecule has 2 heterocycles. The zero-order valence-corrected chi connectivity index (χ0v) is 15.7. The molecular formula is C19H12ClF2N5S. The summed E-state index contributed by atoms with van der Waals surface area (Å²) in [5.74, 6) is 3.68. The number of hydrogen-bond acceptors (Lipinski definition) is 6. The van der Waals surface area contributed by atoms with E-state index in [0.29, 0.717) is 21.0 Å². The number of rotatable bonds is 4. The standard InChI is InChI=1S/C19H12ClF2N5S/c20-13-6-14(10-25-9-13)28-27-17-4-3-16(21)15(18(17)22)2-1-11-5-12(7-23)19(24)26-8-11/h3-10,23,27H,(H2,24,26). The molecule has 3 rings (SSSR count). The van der Waals surface area contributed by atoms with E-state index in [1.54, 1.807) is 12.3 Å². The van der Waals surface area contributed by atoms with Crippen molar-refractivity contribution in [3.63, 3.8) is 0 Å². The van der Waals surface area contributed by atoms with Crippen molar-refractivity contribution in [1.29, 1.82) is 5.41 Å². The average molecular weight is 416 g/mol. The van der Waals surface area contributed by atoms with Gasteiger partial charge in [0, 0.05) is 40.8 Å². The molecular weight excluding hydrogens is 404 g/mol. The van der Waals surface area contributed by atoms with Gasteiger partial charge in [-0.1, -0.05) is 23.4 Å². The molecule has 4 N–H and O–H groups in total. The number of pyridine rings is 2. The van der Waals surface area contributed by atoms with Crippen LogP contribution in [0.1, 0.15) is 16.7 Å². The third-order valence-electron chi connectivity index (χ3n) is 3.49. The molecule has 1 aromatic carbocycles. The first-order valence-electron chi connectivity index (χ1n) is 7.77. The Hall–Kier alpha value is -3.15. The van der Waals surface area contributed by atoms with E-state index in [2.05, 4.69) is 26.5 Å². The topological polar surface area (TPSA) is 87.7 Å². The smallest absolute Gasteiger partial charge is 0.165 e. The number of hydrogen-bond donors (Lipinski definition) is 3. The van der Waals surface area contributed by atoms with Gasteiger partial charge in [-0.25, -0.2) is 13.8 Å². The van der Waals surface area contributed by atoms with E-state index in [4.69, 9.17) is 22.7 Å². The minimum absolute atomic E-state index is 0.0614. The predicted molar refractivity (Wildman–Crippen MR) is 108 cm³/mol. The van der Waals surface area contributed by atoms with Crippen LogP contribution in [-0.2, 0) is 0 Å². The Bertz CT molecular complexity index is 1110. The van der Waals surface area contributed by atoms with E-state index in [9.17, 15) is 8.78 Å². The van der Waals surface area contributed by atoms with Crippen LogP contribution in [0.3, 0.4) is 0 Å². The largest absolute Gasteiger partial charge is 0.383 e. The predicted octanol–water partition coefficient (Wildman–Crippen LogP) is 4.51. The van der Waals surface area contributed by atoms with Crippen molar-refractivity contribution in [1.82, 2.24) is 9.97 Å². The van der Waals surface area contributed by atoms with Gasteiger partial charge in [-0.3, -0.25) is 4.98 Å². The number of aromatic nitrogens is 2. The van der Waals surface area contributed by atoms with Gasteiger partial charge in [-0.05, 0) is 36.2 Å². The van der Waals surface area contributed by atoms with Crippen molar-refractivity contribution in [2.75, 3.05) is 10.5 Å². The molecule has 5 nitrogen and oxygen atoms in total. The zero-order chi connectivity index (χ0) is 20.1. The van der Waals surface area contributed by atoms with E-state index in [-0.39, 0.29) is 17.1 Å². The van der Waals surface area contributed by atoms with Gasteiger partial charge < -0.3 is 15.9 Å². The number of nitrogens with two attached hydrogens (primary N) is 1. The molecule has 0 fully saturated rings. The quantitative estimate of drug-likeness (QED) is 0.331. The third-order valence-corrected chi connectivity index (χ3v) is 4.47. The Kier molecular flexibility index (Phi) is 6.09. The van der Waals surface area contributed by atoms with Gasteiger partial charge in [0.25, 0.3) is 0 Å². The third kappa shape index (κ3) is 4.57. The normalized spacial score (nSPS) is 10.1. The Labute approximate surface area is 169 Å². The van der Waals surface area contributed by atoms with Gasteiger partial charge in [-0.2, -0.15) is 0 Å². The lowest BCUT2D eigenvalue weighted by Crippen LogP contribution is -1.98. The summed E-state index contributed by atoms with van der Waals surface area (Å²) in [5, 5.41) is 7.71. The second kappa shape index (κ2) is 8.69. The van der Waals surface area contributed by atoms with E-state index >= 15 is 0 Å². The molecule has 0 atom stereocenters. The van der Waals surface area contributed by atoms with E-state index in [1.807, 2.05) is 0 Å². The van der Waals surface area contributed by atoms with Crippen LogP contribution in [0, 0.1) is 28.9 Å². The van der Waals surface area contributed by atoms with Crippen molar-refractivity contribution in [2.24, 2.45) is 0 Å². The minimum Gasteiger partial charge on any atom is -0.383 e. The summed E-state index contributed by atoms with van der Waals surface area (Å²) in [4.78, 5) is 8.50. The molecule has 0 saturated heterocycles. The maximum Gasteiger partial charge on any atom is 0.165 e. The molecule has 0 aliphatic rings. The Balaban J connectivity index is 1.86. The maximum absolute atomic E-state index is 14.7. The number of nitrogen functional groups attached to an aromatic ring is 1. The Morgan fingerprint density at radius 1 is 1.18 bits per heavy atom. The summed E-state index contributed by atoms with van der Waals surface area (Å²) in [5.41, 5.74) is 6.04. The molecule has 140 valence electrons. The van der Waals surface area contributed by atoms with Crippen molar-refractivity contribution >= 4 is 41.3 Å². The van der Waals surface area contributed by atoms with Crippen molar-refractivity contribution < 1.29 is 8.78 Å². The summed E-state index contributed by atoms with van der Waals surface area (Å²) >= 11 is 6.94. The summed E-state index contributed by atoms with van der Waals surface area (Å²) in [6.07, 6.45) is 5.44. The number of halogens is 3. The molecule has 3 aromatic rings. The van der Waals surface area contributed by atoms with Crippen molar-refractivity contribution in [3.05, 3.63) is 76.2 Å². The average Bonchev–Trinajstić information content (AvgIpc) is 2.68. The first kappa shape index (κ1) is 19.6. The highest BCUT2D eigenvalue weighted by Gasteiger charge is 2.12. The van der Waals surface area contributed by atoms with Gasteiger partial charge >= 0.3 is 0 Å². The lowest BCUT2D eigenvalue weighted by Gasteiger charge is -2.08. The van der Waals surface area contributed by atoms with Gasteiger partial charge in [0.1, 0.15) is 11.6 Å². The second-order valence-corrected chi connectivity index (χ2v) is 6.74. The van der Waals surface area contributed by atoms with Crippen LogP contribution in [0.15, 0.2) is 47.8 Å². The molecule has 0 amide bonds. The van der Waals surface area contributed by atoms with E-state index < -0.39 is 11.6 Å². The van der Waals surface area contributed by atoms with Crippen molar-refractivity contribution in [2.45, 2.75) is 4.90 Å². The second-order valence-electron chi connectivity index (χ2n) is 5.42. The fourth-order valence-electron chi connectivity index (χ4n) is 2.12. The molecule has 0 unspecified atom stereocenters. The van der Waals surface area contributed by atoms with Gasteiger partial charge in [0.2, 0.25) is 0 Å². The highest BCUT2D eigenvalue weighted by molar-refractivity contribution is 8.00. The SMILES string of the molecule is N=Cc1cc(C#Cc2c(F)ccc(NSc3cncc(Cl)c3)c2F)cnc1N. The van der Waals surface area contributed by atoms with E-state index in [0.717, 1.165) is 24.2 Å². The number of nitrogens with one attached hydrogen (secondary N) is 2. The highest BCUT2D eigenvalue weighted by atomic mass is 35.5. The lowest BCUT2D eigenvalue weighted by atomic mass is 10.1. The fraction of sp³-hybridized carbons (Fsp3) is 0. The molecule has 28 heavy (non-hydrogen) atoms. The zero-order valence-electron chi connectivity index (χ0n) is 14.1. The van der Waals surface area contributed by atoms with Gasteiger partial charge in [0.05, 0.1) is 16.3 Å². The Morgan fingerprint density at radius 3 is 2.75 bits per heavy atom. The fourth-order valence-corrected chi connectivity index (χ4v) is 3.04. The van der Waals surface area contributed by atoms with Crippen LogP contribution in [0.4, 0.5) is 20.3 Å². The highest BCUT2D eigenvalue weighted by Crippen LogP contribution is 2.27. The Morgan fingerprint density at radius 2 is 2.00 bits per heavy atom. The molecule has 0 aliphatic heterocycles. The van der Waals surface area contributed by atoms with Crippen LogP contribution in [-0.4, -0.2) is 16.2 Å². The summed E-state index contributed by atoms with van der Waals surface area (Å²) in [6.45, 7) is 0. The van der Waals surface area contributed by atoms with Crippen molar-refractivity contribution in [3.8, 4) is 11.8 Å². The number of nitrogens with zero attached hydrogens (tertiary/aromatic N) is 2. The van der Waals surface area contributed by atoms with Gasteiger partial charge in [-0.15, -0.1) is 0 Å². The lowest BCUT2D eigenvalue weighted by molar-refractivity contribution is 0.580. The van der Waals surface area contributed by atoms with Crippen LogP contribution in [0.25, 0.3) is 0 Å². The molecule has 0 aliphatic carbocycles. The van der Waals surface area contributed by atoms with E-state index in [1.165, 1.54) is 24.5 Å². The molecule has 0 radical (unpaired) electrons. The summed E-state index contributed by atoms with van der Waals surface area (Å²) in [6, 6.07) is 5.57. The monoisotopic (exact) mass is 415 g/mol. The first-order valence-corrected chi connectivity index (χ1v) is 8.97. The summed E-state index contributed by atoms with van der Waals surface area (Å²) in [7, 11) is 0. The molecule has 0 bridgehead atoms. The molecule has 9 heteroatoms. The van der Waals surface area contributed by atoms with Crippen LogP contribution in [0.2, 0.25) is 5.02 Å². The minimum atomic E-state index is -0.828.